The van der Waals surface area contributed by atoms with E-state index in [0.29, 0.717) is 7.25 Å². The van der Waals surface area contributed by atoms with Crippen molar-refractivity contribution in [3.05, 3.63) is 191 Å². The third-order valence-corrected chi connectivity index (χ3v) is 18.7. The number of hydrogen-bond donors (Lipinski definition) is 0. The van der Waals surface area contributed by atoms with Gasteiger partial charge in [-0.2, -0.15) is 0 Å². The van der Waals surface area contributed by atoms with Crippen molar-refractivity contribution >= 4 is 26.5 Å². The van der Waals surface area contributed by atoms with Gasteiger partial charge in [-0.05, 0) is 0 Å². The second-order valence-corrected chi connectivity index (χ2v) is 20.1. The van der Waals surface area contributed by atoms with Crippen molar-refractivity contribution in [1.82, 2.24) is 0 Å². The second-order valence-electron chi connectivity index (χ2n) is 12.6. The van der Waals surface area contributed by atoms with Gasteiger partial charge in [0.15, 0.2) is 0 Å². The number of allylic oxidation sites excluding steroid dienone is 2. The van der Waals surface area contributed by atoms with Crippen molar-refractivity contribution < 1.29 is 46.1 Å². The van der Waals surface area contributed by atoms with Gasteiger partial charge in [0.2, 0.25) is 0 Å². The van der Waals surface area contributed by atoms with E-state index in [2.05, 4.69) is 184 Å². The first kappa shape index (κ1) is 34.0. The van der Waals surface area contributed by atoms with E-state index in [1.54, 1.807) is 3.21 Å². The Morgan fingerprint density at radius 3 is 1.06 bits per heavy atom. The average molecular weight is 739 g/mol. The Hall–Kier alpha value is -3.87. The van der Waals surface area contributed by atoms with E-state index in [1.807, 2.05) is 0 Å². The molecule has 0 spiro atoms. The fourth-order valence-electron chi connectivity index (χ4n) is 7.72. The predicted octanol–water partition coefficient (Wildman–Crippen LogP) is 5.75. The predicted molar refractivity (Wildman–Crippen MR) is 194 cm³/mol. The van der Waals surface area contributed by atoms with Crippen LogP contribution in [0.2, 0.25) is 0 Å². The van der Waals surface area contributed by atoms with Gasteiger partial charge in [-0.25, -0.2) is 0 Å². The molecular weight excluding hydrogens is 703 g/mol. The SMILES string of the molecule is C[C](C)=[Zr+2]([CH]1C(c2ccccc2)=Cc2c(-c3ccccc3)cccc21)[CH]1C(c2ccccc2)=Cc2c(-c3ccccc3)cccc21.[Cl-].[Cl-]. The van der Waals surface area contributed by atoms with E-state index < -0.39 is 21.3 Å². The van der Waals surface area contributed by atoms with Crippen LogP contribution in [0.15, 0.2) is 158 Å². The molecule has 0 aromatic heterocycles. The van der Waals surface area contributed by atoms with Crippen LogP contribution >= 0.6 is 0 Å². The molecule has 0 amide bonds. The molecule has 6 aromatic carbocycles. The van der Waals surface area contributed by atoms with Crippen molar-refractivity contribution in [2.75, 3.05) is 0 Å². The average Bonchev–Trinajstić information content (AvgIpc) is 3.69. The molecule has 2 atom stereocenters. The summed E-state index contributed by atoms with van der Waals surface area (Å²) in [5.74, 6) is 0. The molecule has 2 unspecified atom stereocenters. The third kappa shape index (κ3) is 6.10. The fourth-order valence-corrected chi connectivity index (χ4v) is 17.1. The molecular formula is C45H36Cl2Zr. The van der Waals surface area contributed by atoms with Gasteiger partial charge >= 0.3 is 282 Å². The first-order valence-electron chi connectivity index (χ1n) is 16.3. The molecule has 2 aliphatic carbocycles. The molecule has 0 bridgehead atoms. The number of halogens is 2. The van der Waals surface area contributed by atoms with Crippen LogP contribution in [-0.2, 0) is 21.3 Å². The van der Waals surface area contributed by atoms with Gasteiger partial charge in [0.05, 0.1) is 0 Å². The van der Waals surface area contributed by atoms with Crippen LogP contribution in [0.25, 0.3) is 45.6 Å². The Labute approximate surface area is 304 Å². The topological polar surface area (TPSA) is 0 Å². The molecule has 8 rings (SSSR count). The molecule has 0 saturated carbocycles. The summed E-state index contributed by atoms with van der Waals surface area (Å²) in [6.45, 7) is 4.89. The summed E-state index contributed by atoms with van der Waals surface area (Å²) in [4.78, 5) is 0. The van der Waals surface area contributed by atoms with E-state index in [-0.39, 0.29) is 24.8 Å². The summed E-state index contributed by atoms with van der Waals surface area (Å²) in [7, 11) is 0. The first-order valence-corrected chi connectivity index (χ1v) is 20.3. The molecule has 3 heteroatoms. The molecule has 48 heavy (non-hydrogen) atoms. The van der Waals surface area contributed by atoms with Crippen molar-refractivity contribution in [3.8, 4) is 22.3 Å². The van der Waals surface area contributed by atoms with E-state index in [9.17, 15) is 0 Å². The molecule has 0 aliphatic heterocycles. The third-order valence-electron chi connectivity index (χ3n) is 9.71. The number of hydrogen-bond acceptors (Lipinski definition) is 0. The normalized spacial score (nSPS) is 15.4. The van der Waals surface area contributed by atoms with Crippen molar-refractivity contribution in [1.29, 1.82) is 0 Å². The van der Waals surface area contributed by atoms with E-state index in [0.717, 1.165) is 0 Å². The molecule has 0 heterocycles. The minimum Gasteiger partial charge on any atom is -1.00 e. The van der Waals surface area contributed by atoms with Gasteiger partial charge in [0.1, 0.15) is 0 Å². The van der Waals surface area contributed by atoms with E-state index in [4.69, 9.17) is 0 Å². The standard InChI is InChI=1S/2C21H15.C3H6.2ClH.Zr/c2*1-3-8-16(9-4-1)19-14-18-12-7-13-20(21(18)15-19)17-10-5-2-6-11-17;1-3-2;;;/h2*1-15H;1-2H3;2*1H;/q;;;;;+2/p-2. The Balaban J connectivity index is 0.00000201. The molecule has 2 aliphatic rings. The summed E-state index contributed by atoms with van der Waals surface area (Å²) >= 11 is -2.64. The Kier molecular flexibility index (Phi) is 10.4. The largest absolute Gasteiger partial charge is 1.00 e. The van der Waals surface area contributed by atoms with E-state index >= 15 is 0 Å². The van der Waals surface area contributed by atoms with Crippen LogP contribution in [0.5, 0.6) is 0 Å². The molecule has 0 nitrogen and oxygen atoms in total. The zero-order chi connectivity index (χ0) is 31.0. The van der Waals surface area contributed by atoms with Crippen LogP contribution < -0.4 is 24.8 Å². The van der Waals surface area contributed by atoms with Crippen LogP contribution in [0.4, 0.5) is 0 Å². The minimum absolute atomic E-state index is 0. The molecule has 0 radical (unpaired) electrons. The summed E-state index contributed by atoms with van der Waals surface area (Å²) < 4.78 is 2.45. The van der Waals surface area contributed by atoms with Crippen molar-refractivity contribution in [3.63, 3.8) is 0 Å². The molecule has 6 aromatic rings. The number of fused-ring (bicyclic) bond motifs is 2. The zero-order valence-electron chi connectivity index (χ0n) is 27.1. The summed E-state index contributed by atoms with van der Waals surface area (Å²) in [6.07, 6.45) is 5.09. The Morgan fingerprint density at radius 2 is 0.729 bits per heavy atom. The Bertz CT molecular complexity index is 1990. The number of benzene rings is 6. The van der Waals surface area contributed by atoms with E-state index in [1.165, 1.54) is 66.8 Å². The second kappa shape index (κ2) is 14.7. The zero-order valence-corrected chi connectivity index (χ0v) is 31.0. The van der Waals surface area contributed by atoms with Gasteiger partial charge in [-0.15, -0.1) is 0 Å². The van der Waals surface area contributed by atoms with Gasteiger partial charge < -0.3 is 24.8 Å². The quantitative estimate of drug-likeness (QED) is 0.205. The van der Waals surface area contributed by atoms with Crippen molar-refractivity contribution in [2.45, 2.75) is 21.1 Å². The van der Waals surface area contributed by atoms with Crippen LogP contribution in [0.1, 0.15) is 54.5 Å². The molecule has 0 saturated heterocycles. The monoisotopic (exact) mass is 736 g/mol. The smallest absolute Gasteiger partial charge is 1.00 e. The van der Waals surface area contributed by atoms with Crippen LogP contribution in [0.3, 0.4) is 0 Å². The number of rotatable bonds is 6. The molecule has 0 N–H and O–H groups in total. The van der Waals surface area contributed by atoms with Gasteiger partial charge in [0, 0.05) is 0 Å². The Morgan fingerprint density at radius 1 is 0.396 bits per heavy atom. The van der Waals surface area contributed by atoms with Gasteiger partial charge in [-0.3, -0.25) is 0 Å². The maximum atomic E-state index is 2.54. The minimum atomic E-state index is -2.64. The summed E-state index contributed by atoms with van der Waals surface area (Å²) in [6, 6.07) is 58.3. The van der Waals surface area contributed by atoms with Gasteiger partial charge in [0.25, 0.3) is 0 Å². The fraction of sp³-hybridized carbons (Fsp3) is 0.0889. The molecule has 234 valence electrons. The summed E-state index contributed by atoms with van der Waals surface area (Å²) in [5.41, 5.74) is 16.8. The summed E-state index contributed by atoms with van der Waals surface area (Å²) in [5, 5.41) is 0. The first-order chi connectivity index (χ1) is 22.7. The molecule has 0 fully saturated rings. The van der Waals surface area contributed by atoms with Crippen LogP contribution in [0, 0.1) is 0 Å². The maximum Gasteiger partial charge on any atom is -1.00 e. The van der Waals surface area contributed by atoms with Gasteiger partial charge in [-0.1, -0.05) is 0 Å². The van der Waals surface area contributed by atoms with Crippen LogP contribution in [-0.4, -0.2) is 3.21 Å². The maximum absolute atomic E-state index is 2.64. The van der Waals surface area contributed by atoms with Crippen molar-refractivity contribution in [2.24, 2.45) is 0 Å².